The summed E-state index contributed by atoms with van der Waals surface area (Å²) in [5.74, 6) is -0.801. The first kappa shape index (κ1) is 14.1. The second-order valence-electron chi connectivity index (χ2n) is 2.68. The number of ketones is 2. The Morgan fingerprint density at radius 1 is 1.00 bits per heavy atom. The summed E-state index contributed by atoms with van der Waals surface area (Å²) in [7, 11) is 0. The molecule has 0 unspecified atom stereocenters. The standard InChI is InChI=1S/C9H7Br3O4/c1-2-15-3-16-9-6(12)7(13)4(10)5(11)8(9)14/h2-3H2,1H3. The van der Waals surface area contributed by atoms with Crippen LogP contribution in [0.2, 0.25) is 0 Å². The molecule has 4 nitrogen and oxygen atoms in total. The zero-order chi connectivity index (χ0) is 12.3. The fourth-order valence-corrected chi connectivity index (χ4v) is 2.41. The van der Waals surface area contributed by atoms with E-state index in [4.69, 9.17) is 9.47 Å². The van der Waals surface area contributed by atoms with Gasteiger partial charge in [0.1, 0.15) is 4.48 Å². The molecule has 0 spiro atoms. The number of hydrogen-bond donors (Lipinski definition) is 0. The predicted octanol–water partition coefficient (Wildman–Crippen LogP) is 2.76. The summed E-state index contributed by atoms with van der Waals surface area (Å²) in [4.78, 5) is 23.3. The minimum atomic E-state index is -0.405. The molecule has 0 saturated heterocycles. The van der Waals surface area contributed by atoms with Crippen molar-refractivity contribution in [3.63, 3.8) is 0 Å². The van der Waals surface area contributed by atoms with E-state index in [-0.39, 0.29) is 31.8 Å². The molecule has 0 radical (unpaired) electrons. The van der Waals surface area contributed by atoms with Gasteiger partial charge in [-0.2, -0.15) is 0 Å². The number of halogens is 3. The predicted molar refractivity (Wildman–Crippen MR) is 68.4 cm³/mol. The van der Waals surface area contributed by atoms with Gasteiger partial charge in [-0.15, -0.1) is 0 Å². The number of carbonyl (C=O) groups is 2. The third kappa shape index (κ3) is 2.82. The van der Waals surface area contributed by atoms with Gasteiger partial charge in [-0.05, 0) is 54.7 Å². The van der Waals surface area contributed by atoms with E-state index in [0.29, 0.717) is 6.61 Å². The highest BCUT2D eigenvalue weighted by atomic mass is 79.9. The van der Waals surface area contributed by atoms with Gasteiger partial charge in [-0.1, -0.05) is 0 Å². The van der Waals surface area contributed by atoms with E-state index in [1.807, 2.05) is 0 Å². The summed E-state index contributed by atoms with van der Waals surface area (Å²) in [5.41, 5.74) is 0. The molecule has 1 rings (SSSR count). The van der Waals surface area contributed by atoms with Crippen LogP contribution >= 0.6 is 47.8 Å². The first-order valence-corrected chi connectivity index (χ1v) is 6.63. The average molecular weight is 419 g/mol. The Balaban J connectivity index is 2.91. The van der Waals surface area contributed by atoms with Crippen molar-refractivity contribution in [1.82, 2.24) is 0 Å². The molecule has 1 aliphatic rings. The summed E-state index contributed by atoms with van der Waals surface area (Å²) < 4.78 is 10.4. The van der Waals surface area contributed by atoms with Crippen LogP contribution in [0.25, 0.3) is 0 Å². The topological polar surface area (TPSA) is 52.6 Å². The van der Waals surface area contributed by atoms with Crippen LogP contribution in [0.3, 0.4) is 0 Å². The summed E-state index contributed by atoms with van der Waals surface area (Å²) in [6.45, 7) is 2.19. The van der Waals surface area contributed by atoms with Crippen LogP contribution in [-0.4, -0.2) is 25.0 Å². The molecule has 1 aliphatic carbocycles. The summed E-state index contributed by atoms with van der Waals surface area (Å²) in [6, 6.07) is 0. The first-order chi connectivity index (χ1) is 7.50. The van der Waals surface area contributed by atoms with E-state index >= 15 is 0 Å². The lowest BCUT2D eigenvalue weighted by Gasteiger charge is -2.15. The number of rotatable bonds is 4. The van der Waals surface area contributed by atoms with Crippen molar-refractivity contribution in [3.05, 3.63) is 19.2 Å². The van der Waals surface area contributed by atoms with Gasteiger partial charge in [0.15, 0.2) is 12.6 Å². The molecular formula is C9H7Br3O4. The first-order valence-electron chi connectivity index (χ1n) is 4.25. The van der Waals surface area contributed by atoms with Gasteiger partial charge in [-0.25, -0.2) is 0 Å². The minimum Gasteiger partial charge on any atom is -0.462 e. The van der Waals surface area contributed by atoms with Crippen molar-refractivity contribution >= 4 is 59.4 Å². The Bertz CT molecular complexity index is 398. The van der Waals surface area contributed by atoms with Crippen molar-refractivity contribution in [2.24, 2.45) is 0 Å². The number of Topliss-reactive ketones (excluding diaryl/α,β-unsaturated/α-hetero) is 2. The van der Waals surface area contributed by atoms with E-state index in [2.05, 4.69) is 47.8 Å². The second kappa shape index (κ2) is 6.09. The Hall–Kier alpha value is 0.0200. The van der Waals surface area contributed by atoms with E-state index in [9.17, 15) is 9.59 Å². The Labute approximate surface area is 117 Å². The van der Waals surface area contributed by atoms with E-state index in [1.54, 1.807) is 6.92 Å². The van der Waals surface area contributed by atoms with E-state index in [0.717, 1.165) is 0 Å². The molecule has 0 aliphatic heterocycles. The van der Waals surface area contributed by atoms with Gasteiger partial charge in [-0.3, -0.25) is 9.59 Å². The van der Waals surface area contributed by atoms with Crippen molar-refractivity contribution in [3.8, 4) is 0 Å². The lowest BCUT2D eigenvalue weighted by atomic mass is 10.1. The number of ether oxygens (including phenoxy) is 2. The number of hydrogen-bond acceptors (Lipinski definition) is 4. The van der Waals surface area contributed by atoms with Gasteiger partial charge >= 0.3 is 0 Å². The van der Waals surface area contributed by atoms with Crippen molar-refractivity contribution in [2.75, 3.05) is 13.4 Å². The van der Waals surface area contributed by atoms with Crippen LogP contribution in [-0.2, 0) is 19.1 Å². The maximum atomic E-state index is 11.7. The van der Waals surface area contributed by atoms with Gasteiger partial charge in [0.25, 0.3) is 0 Å². The quantitative estimate of drug-likeness (QED) is 0.400. The van der Waals surface area contributed by atoms with Gasteiger partial charge < -0.3 is 9.47 Å². The Morgan fingerprint density at radius 2 is 1.56 bits per heavy atom. The summed E-state index contributed by atoms with van der Waals surface area (Å²) in [5, 5.41) is 0. The fraction of sp³-hybridized carbons (Fsp3) is 0.333. The molecule has 0 saturated carbocycles. The molecule has 0 aromatic heterocycles. The van der Waals surface area contributed by atoms with Crippen LogP contribution in [0.15, 0.2) is 19.2 Å². The molecule has 0 N–H and O–H groups in total. The third-order valence-electron chi connectivity index (χ3n) is 1.69. The highest BCUT2D eigenvalue weighted by molar-refractivity contribution is 9.15. The molecule has 0 heterocycles. The molecule has 88 valence electrons. The zero-order valence-corrected chi connectivity index (χ0v) is 12.9. The van der Waals surface area contributed by atoms with Crippen LogP contribution in [0.4, 0.5) is 0 Å². The molecule has 7 heteroatoms. The molecule has 16 heavy (non-hydrogen) atoms. The highest BCUT2D eigenvalue weighted by Crippen LogP contribution is 2.34. The zero-order valence-electron chi connectivity index (χ0n) is 8.18. The lowest BCUT2D eigenvalue weighted by Crippen LogP contribution is -2.20. The molecule has 0 amide bonds. The smallest absolute Gasteiger partial charge is 0.237 e. The number of allylic oxidation sites excluding steroid dienone is 3. The van der Waals surface area contributed by atoms with Crippen molar-refractivity contribution < 1.29 is 19.1 Å². The molecule has 0 bridgehead atoms. The van der Waals surface area contributed by atoms with Crippen molar-refractivity contribution in [2.45, 2.75) is 6.92 Å². The number of carbonyl (C=O) groups excluding carboxylic acids is 2. The third-order valence-corrected chi connectivity index (χ3v) is 4.45. The summed E-state index contributed by atoms with van der Waals surface area (Å²) in [6.07, 6.45) is 0. The molecular weight excluding hydrogens is 412 g/mol. The highest BCUT2D eigenvalue weighted by Gasteiger charge is 2.32. The van der Waals surface area contributed by atoms with E-state index in [1.165, 1.54) is 0 Å². The maximum absolute atomic E-state index is 11.7. The normalized spacial score (nSPS) is 17.2. The second-order valence-corrected chi connectivity index (χ2v) is 5.06. The molecule has 0 fully saturated rings. The summed E-state index contributed by atoms with van der Waals surface area (Å²) >= 11 is 9.07. The Morgan fingerprint density at radius 3 is 2.12 bits per heavy atom. The molecule has 0 aromatic carbocycles. The van der Waals surface area contributed by atoms with Gasteiger partial charge in [0.2, 0.25) is 11.6 Å². The largest absolute Gasteiger partial charge is 0.462 e. The average Bonchev–Trinajstić information content (AvgIpc) is 2.28. The van der Waals surface area contributed by atoms with Crippen LogP contribution < -0.4 is 0 Å². The van der Waals surface area contributed by atoms with Crippen LogP contribution in [0.5, 0.6) is 0 Å². The fourth-order valence-electron chi connectivity index (χ4n) is 0.911. The minimum absolute atomic E-state index is 0.0477. The lowest BCUT2D eigenvalue weighted by molar-refractivity contribution is -0.120. The maximum Gasteiger partial charge on any atom is 0.237 e. The van der Waals surface area contributed by atoms with Crippen molar-refractivity contribution in [1.29, 1.82) is 0 Å². The van der Waals surface area contributed by atoms with Crippen LogP contribution in [0.1, 0.15) is 6.92 Å². The van der Waals surface area contributed by atoms with Gasteiger partial charge in [0.05, 0.1) is 8.96 Å². The van der Waals surface area contributed by atoms with Crippen LogP contribution in [0, 0.1) is 0 Å². The molecule has 0 aromatic rings. The molecule has 0 atom stereocenters. The van der Waals surface area contributed by atoms with Gasteiger partial charge in [0, 0.05) is 6.61 Å². The Kier molecular flexibility index (Phi) is 5.36. The SMILES string of the molecule is CCOCOC1=C(Br)C(=O)C(Br)=C(Br)C1=O. The van der Waals surface area contributed by atoms with E-state index < -0.39 is 5.78 Å². The monoisotopic (exact) mass is 416 g/mol.